The average Bonchev–Trinajstić information content (AvgIpc) is 3.14. The van der Waals surface area contributed by atoms with Gasteiger partial charge in [0.1, 0.15) is 11.3 Å². The number of rotatable bonds is 4. The van der Waals surface area contributed by atoms with Crippen LogP contribution in [0.4, 0.5) is 5.13 Å². The summed E-state index contributed by atoms with van der Waals surface area (Å²) in [6, 6.07) is 6.82. The van der Waals surface area contributed by atoms with E-state index in [9.17, 15) is 9.90 Å². The molecule has 1 amide bonds. The molecule has 0 saturated heterocycles. The van der Waals surface area contributed by atoms with Gasteiger partial charge in [-0.15, -0.1) is 11.3 Å². The van der Waals surface area contributed by atoms with E-state index in [2.05, 4.69) is 15.5 Å². The van der Waals surface area contributed by atoms with Gasteiger partial charge < -0.3 is 9.63 Å². The molecule has 0 spiro atoms. The van der Waals surface area contributed by atoms with Crippen LogP contribution in [0.2, 0.25) is 0 Å². The van der Waals surface area contributed by atoms with Crippen molar-refractivity contribution >= 4 is 22.4 Å². The predicted molar refractivity (Wildman–Crippen MR) is 92.5 cm³/mol. The first-order valence-corrected chi connectivity index (χ1v) is 8.36. The van der Waals surface area contributed by atoms with Crippen LogP contribution in [0.3, 0.4) is 0 Å². The summed E-state index contributed by atoms with van der Waals surface area (Å²) in [5.74, 6) is 0.517. The summed E-state index contributed by atoms with van der Waals surface area (Å²) in [5.41, 5.74) is 2.49. The Balaban J connectivity index is 1.83. The molecule has 2 aromatic heterocycles. The van der Waals surface area contributed by atoms with Crippen molar-refractivity contribution in [3.05, 3.63) is 46.7 Å². The average molecular weight is 343 g/mol. The van der Waals surface area contributed by atoms with Gasteiger partial charge >= 0.3 is 0 Å². The van der Waals surface area contributed by atoms with Gasteiger partial charge in [0.05, 0.1) is 11.4 Å². The molecule has 0 bridgehead atoms. The quantitative estimate of drug-likeness (QED) is 0.741. The number of hydrogen-bond acceptors (Lipinski definition) is 6. The summed E-state index contributed by atoms with van der Waals surface area (Å²) < 4.78 is 5.25. The Morgan fingerprint density at radius 2 is 2.17 bits per heavy atom. The van der Waals surface area contributed by atoms with E-state index in [1.165, 1.54) is 11.3 Å². The van der Waals surface area contributed by atoms with Crippen molar-refractivity contribution in [3.63, 3.8) is 0 Å². The van der Waals surface area contributed by atoms with Crippen LogP contribution in [0.1, 0.15) is 41.6 Å². The number of nitrogens with zero attached hydrogens (tertiary/aromatic N) is 2. The smallest absolute Gasteiger partial charge is 0.262 e. The predicted octanol–water partition coefficient (Wildman–Crippen LogP) is 4.19. The molecule has 3 rings (SSSR count). The summed E-state index contributed by atoms with van der Waals surface area (Å²) in [4.78, 5) is 16.9. The van der Waals surface area contributed by atoms with Crippen LogP contribution in [-0.2, 0) is 0 Å². The lowest BCUT2D eigenvalue weighted by Crippen LogP contribution is -2.14. The van der Waals surface area contributed by atoms with Gasteiger partial charge in [0.15, 0.2) is 10.9 Å². The van der Waals surface area contributed by atoms with Gasteiger partial charge in [0.25, 0.3) is 5.91 Å². The lowest BCUT2D eigenvalue weighted by atomic mass is 10.0. The minimum absolute atomic E-state index is 0.0612. The van der Waals surface area contributed by atoms with E-state index in [1.54, 1.807) is 25.1 Å². The summed E-state index contributed by atoms with van der Waals surface area (Å²) in [5, 5.41) is 18.5. The molecule has 0 aliphatic carbocycles. The maximum Gasteiger partial charge on any atom is 0.262 e. The number of aromatic nitrogens is 2. The lowest BCUT2D eigenvalue weighted by Gasteiger charge is -2.04. The van der Waals surface area contributed by atoms with E-state index in [1.807, 2.05) is 25.3 Å². The number of anilines is 1. The number of phenolic OH excluding ortho intramolecular Hbond substituents is 1. The van der Waals surface area contributed by atoms with Crippen molar-refractivity contribution in [1.29, 1.82) is 0 Å². The fourth-order valence-corrected chi connectivity index (χ4v) is 3.06. The zero-order valence-corrected chi connectivity index (χ0v) is 14.3. The zero-order valence-electron chi connectivity index (χ0n) is 13.5. The van der Waals surface area contributed by atoms with Gasteiger partial charge in [-0.05, 0) is 19.1 Å². The molecule has 6 nitrogen and oxygen atoms in total. The molecule has 2 heterocycles. The molecule has 124 valence electrons. The molecule has 0 atom stereocenters. The molecular formula is C17H17N3O3S. The minimum atomic E-state index is -0.283. The second kappa shape index (κ2) is 6.45. The number of carbonyl (C=O) groups is 1. The van der Waals surface area contributed by atoms with Crippen LogP contribution in [0.5, 0.6) is 5.75 Å². The first-order chi connectivity index (χ1) is 11.5. The van der Waals surface area contributed by atoms with Crippen molar-refractivity contribution < 1.29 is 14.4 Å². The Kier molecular flexibility index (Phi) is 4.35. The summed E-state index contributed by atoms with van der Waals surface area (Å²) in [6.45, 7) is 5.63. The molecular weight excluding hydrogens is 326 g/mol. The van der Waals surface area contributed by atoms with Crippen molar-refractivity contribution in [1.82, 2.24) is 10.1 Å². The van der Waals surface area contributed by atoms with Crippen LogP contribution in [0.15, 0.2) is 34.2 Å². The SMILES string of the molecule is Cc1noc(C(C)C)c1C(=O)Nc1nc(-c2cccc(O)c2)cs1. The van der Waals surface area contributed by atoms with E-state index in [4.69, 9.17) is 4.52 Å². The van der Waals surface area contributed by atoms with Crippen LogP contribution in [-0.4, -0.2) is 21.2 Å². The number of hydrogen-bond donors (Lipinski definition) is 2. The van der Waals surface area contributed by atoms with Crippen LogP contribution >= 0.6 is 11.3 Å². The highest BCUT2D eigenvalue weighted by molar-refractivity contribution is 7.14. The molecule has 3 aromatic rings. The van der Waals surface area contributed by atoms with Gasteiger partial charge in [-0.25, -0.2) is 4.98 Å². The highest BCUT2D eigenvalue weighted by Gasteiger charge is 2.23. The van der Waals surface area contributed by atoms with E-state index in [0.29, 0.717) is 27.8 Å². The second-order valence-electron chi connectivity index (χ2n) is 5.70. The third-order valence-electron chi connectivity index (χ3n) is 3.51. The molecule has 0 unspecified atom stereocenters. The Morgan fingerprint density at radius 1 is 1.38 bits per heavy atom. The largest absolute Gasteiger partial charge is 0.508 e. The molecule has 24 heavy (non-hydrogen) atoms. The Hall–Kier alpha value is -2.67. The maximum absolute atomic E-state index is 12.5. The normalized spacial score (nSPS) is 11.0. The first kappa shape index (κ1) is 16.2. The Morgan fingerprint density at radius 3 is 2.88 bits per heavy atom. The fourth-order valence-electron chi connectivity index (χ4n) is 2.35. The van der Waals surface area contributed by atoms with Crippen molar-refractivity contribution in [2.75, 3.05) is 5.32 Å². The zero-order chi connectivity index (χ0) is 17.3. The van der Waals surface area contributed by atoms with Crippen molar-refractivity contribution in [2.45, 2.75) is 26.7 Å². The molecule has 0 saturated carbocycles. The van der Waals surface area contributed by atoms with E-state index >= 15 is 0 Å². The molecule has 0 aliphatic heterocycles. The van der Waals surface area contributed by atoms with Crippen molar-refractivity contribution in [2.24, 2.45) is 0 Å². The molecule has 7 heteroatoms. The molecule has 0 radical (unpaired) electrons. The third kappa shape index (κ3) is 3.16. The number of aromatic hydroxyl groups is 1. The Labute approximate surface area is 143 Å². The third-order valence-corrected chi connectivity index (χ3v) is 4.26. The topological polar surface area (TPSA) is 88.3 Å². The fraction of sp³-hybridized carbons (Fsp3) is 0.235. The van der Waals surface area contributed by atoms with Crippen LogP contribution in [0, 0.1) is 6.92 Å². The number of nitrogens with one attached hydrogen (secondary N) is 1. The minimum Gasteiger partial charge on any atom is -0.508 e. The van der Waals surface area contributed by atoms with E-state index < -0.39 is 0 Å². The standard InChI is InChI=1S/C17H17N3O3S/c1-9(2)15-14(10(3)20-23-15)16(22)19-17-18-13(8-24-17)11-5-4-6-12(21)7-11/h4-9,21H,1-3H3,(H,18,19,22). The van der Waals surface area contributed by atoms with Crippen molar-refractivity contribution in [3.8, 4) is 17.0 Å². The number of aryl methyl sites for hydroxylation is 1. The van der Waals surface area contributed by atoms with Gasteiger partial charge in [-0.2, -0.15) is 0 Å². The van der Waals surface area contributed by atoms with Gasteiger partial charge in [0.2, 0.25) is 0 Å². The number of amides is 1. The molecule has 0 fully saturated rings. The summed E-state index contributed by atoms with van der Waals surface area (Å²) >= 11 is 1.32. The van der Waals surface area contributed by atoms with Crippen LogP contribution < -0.4 is 5.32 Å². The molecule has 2 N–H and O–H groups in total. The number of thiazole rings is 1. The van der Waals surface area contributed by atoms with Gasteiger partial charge in [-0.3, -0.25) is 10.1 Å². The monoisotopic (exact) mass is 343 g/mol. The van der Waals surface area contributed by atoms with Gasteiger partial charge in [0, 0.05) is 16.9 Å². The van der Waals surface area contributed by atoms with E-state index in [0.717, 1.165) is 5.56 Å². The van der Waals surface area contributed by atoms with E-state index in [-0.39, 0.29) is 17.6 Å². The number of phenols is 1. The lowest BCUT2D eigenvalue weighted by molar-refractivity contribution is 0.102. The molecule has 1 aromatic carbocycles. The van der Waals surface area contributed by atoms with Gasteiger partial charge in [-0.1, -0.05) is 31.1 Å². The second-order valence-corrected chi connectivity index (χ2v) is 6.56. The first-order valence-electron chi connectivity index (χ1n) is 7.48. The Bertz CT molecular complexity index is 883. The summed E-state index contributed by atoms with van der Waals surface area (Å²) in [6.07, 6.45) is 0. The number of benzene rings is 1. The van der Waals surface area contributed by atoms with Crippen LogP contribution in [0.25, 0.3) is 11.3 Å². The summed E-state index contributed by atoms with van der Waals surface area (Å²) in [7, 11) is 0. The highest BCUT2D eigenvalue weighted by atomic mass is 32.1. The molecule has 0 aliphatic rings. The maximum atomic E-state index is 12.5. The number of carbonyl (C=O) groups excluding carboxylic acids is 1. The highest BCUT2D eigenvalue weighted by Crippen LogP contribution is 2.28.